The second kappa shape index (κ2) is 18.8. The van der Waals surface area contributed by atoms with Gasteiger partial charge >= 0.3 is 0 Å². The highest BCUT2D eigenvalue weighted by molar-refractivity contribution is 6.24. The molecule has 2 fully saturated rings. The average molecular weight is 741 g/mol. The zero-order valence-electron chi connectivity index (χ0n) is 28.8. The van der Waals surface area contributed by atoms with Gasteiger partial charge in [-0.15, -0.1) is 0 Å². The van der Waals surface area contributed by atoms with Crippen molar-refractivity contribution in [1.29, 1.82) is 0 Å². The monoisotopic (exact) mass is 740 g/mol. The van der Waals surface area contributed by atoms with Crippen LogP contribution in [0.5, 0.6) is 11.5 Å². The molecule has 2 saturated heterocycles. The van der Waals surface area contributed by atoms with Crippen LogP contribution in [0, 0.1) is 0 Å². The van der Waals surface area contributed by atoms with Gasteiger partial charge in [0.05, 0.1) is 55.3 Å². The molecule has 0 aliphatic carbocycles. The molecule has 0 saturated carbocycles. The number of phenolic OH excluding ortho intramolecular Hbond substituents is 1. The molecule has 0 radical (unpaired) electrons. The van der Waals surface area contributed by atoms with Gasteiger partial charge in [0.2, 0.25) is 23.6 Å². The van der Waals surface area contributed by atoms with E-state index in [1.54, 1.807) is 6.07 Å². The normalized spacial score (nSPS) is 19.2. The van der Waals surface area contributed by atoms with Crippen LogP contribution in [0.2, 0.25) is 0 Å². The molecule has 284 valence electrons. The molecule has 53 heavy (non-hydrogen) atoms. The third-order valence-corrected chi connectivity index (χ3v) is 8.15. The maximum atomic E-state index is 12.6. The first-order valence-electron chi connectivity index (χ1n) is 16.8. The fourth-order valence-electron chi connectivity index (χ4n) is 5.69. The quantitative estimate of drug-likeness (QED) is 0.138. The van der Waals surface area contributed by atoms with Crippen LogP contribution in [-0.2, 0) is 28.7 Å². The Morgan fingerprint density at radius 1 is 0.623 bits per heavy atom. The minimum atomic E-state index is -0.989. The van der Waals surface area contributed by atoms with Crippen LogP contribution in [0.25, 0.3) is 0 Å². The van der Waals surface area contributed by atoms with Crippen LogP contribution in [0.1, 0.15) is 80.5 Å². The Morgan fingerprint density at radius 2 is 1.09 bits per heavy atom. The van der Waals surface area contributed by atoms with E-state index in [1.165, 1.54) is 30.3 Å². The van der Waals surface area contributed by atoms with Crippen LogP contribution in [-0.4, -0.2) is 131 Å². The highest BCUT2D eigenvalue weighted by atomic mass is 16.5. The number of aliphatic hydroxyl groups is 2. The summed E-state index contributed by atoms with van der Waals surface area (Å²) in [5.74, 6) is -4.22. The molecule has 2 unspecified atom stereocenters. The zero-order chi connectivity index (χ0) is 38.7. The van der Waals surface area contributed by atoms with Crippen molar-refractivity contribution in [2.45, 2.75) is 51.1 Å². The molecule has 2 atom stereocenters. The summed E-state index contributed by atoms with van der Waals surface area (Å²) in [4.78, 5) is 97.5. The van der Waals surface area contributed by atoms with Crippen LogP contribution in [0.15, 0.2) is 36.4 Å². The summed E-state index contributed by atoms with van der Waals surface area (Å²) in [5.41, 5.74) is 0.578. The van der Waals surface area contributed by atoms with Gasteiger partial charge < -0.3 is 29.5 Å². The van der Waals surface area contributed by atoms with Crippen molar-refractivity contribution in [2.75, 3.05) is 46.2 Å². The fourth-order valence-corrected chi connectivity index (χ4v) is 5.69. The van der Waals surface area contributed by atoms with E-state index in [9.17, 15) is 43.5 Å². The molecule has 18 heteroatoms. The lowest BCUT2D eigenvalue weighted by Crippen LogP contribution is -2.54. The summed E-state index contributed by atoms with van der Waals surface area (Å²) in [5, 5.41) is 30.4. The number of nitrogens with one attached hydrogen (secondary N) is 2. The Bertz CT molecular complexity index is 1760. The Balaban J connectivity index is 0.000000205. The number of nitrogens with zero attached hydrogens (tertiary/aromatic N) is 2. The Kier molecular flexibility index (Phi) is 14.3. The number of benzene rings is 2. The number of hydrogen-bond donors (Lipinski definition) is 5. The third-order valence-electron chi connectivity index (χ3n) is 8.15. The van der Waals surface area contributed by atoms with Gasteiger partial charge in [-0.05, 0) is 55.7 Å². The highest BCUT2D eigenvalue weighted by Gasteiger charge is 2.46. The van der Waals surface area contributed by atoms with E-state index in [2.05, 4.69) is 10.6 Å². The van der Waals surface area contributed by atoms with Gasteiger partial charge in [0.1, 0.15) is 30.2 Å². The van der Waals surface area contributed by atoms with Crippen molar-refractivity contribution in [3.63, 3.8) is 0 Å². The summed E-state index contributed by atoms with van der Waals surface area (Å²) < 4.78 is 15.4. The number of carbonyl (C=O) groups is 8. The summed E-state index contributed by atoms with van der Waals surface area (Å²) in [7, 11) is 0. The van der Waals surface area contributed by atoms with Gasteiger partial charge in [-0.1, -0.05) is 6.92 Å². The van der Waals surface area contributed by atoms with Crippen LogP contribution in [0.4, 0.5) is 0 Å². The van der Waals surface area contributed by atoms with E-state index < -0.39 is 59.3 Å². The van der Waals surface area contributed by atoms with E-state index in [1.807, 2.05) is 6.92 Å². The molecule has 8 amide bonds. The molecule has 2 aromatic carbocycles. The molecular weight excluding hydrogens is 700 g/mol. The number of ether oxygens (including phenoxy) is 3. The van der Waals surface area contributed by atoms with E-state index >= 15 is 0 Å². The number of imide groups is 4. The van der Waals surface area contributed by atoms with Crippen molar-refractivity contribution in [3.8, 4) is 11.5 Å². The minimum Gasteiger partial charge on any atom is -0.508 e. The second-order valence-corrected chi connectivity index (χ2v) is 11.9. The Hall–Kier alpha value is -5.56. The van der Waals surface area contributed by atoms with Gasteiger partial charge in [0.25, 0.3) is 23.6 Å². The predicted molar refractivity (Wildman–Crippen MR) is 179 cm³/mol. The summed E-state index contributed by atoms with van der Waals surface area (Å²) in [6, 6.07) is 6.36. The van der Waals surface area contributed by atoms with Crippen LogP contribution in [0.3, 0.4) is 0 Å². The van der Waals surface area contributed by atoms with Crippen molar-refractivity contribution < 1.29 is 67.9 Å². The van der Waals surface area contributed by atoms with Crippen molar-refractivity contribution in [2.24, 2.45) is 0 Å². The molecule has 6 rings (SSSR count). The van der Waals surface area contributed by atoms with Gasteiger partial charge in [0, 0.05) is 19.4 Å². The number of carbonyl (C=O) groups excluding carboxylic acids is 8. The van der Waals surface area contributed by atoms with Crippen molar-refractivity contribution in [3.05, 3.63) is 58.7 Å². The van der Waals surface area contributed by atoms with Crippen molar-refractivity contribution >= 4 is 47.3 Å². The third kappa shape index (κ3) is 9.66. The van der Waals surface area contributed by atoms with Crippen LogP contribution < -0.4 is 15.4 Å². The predicted octanol–water partition coefficient (Wildman–Crippen LogP) is -0.326. The Morgan fingerprint density at radius 3 is 1.58 bits per heavy atom. The standard InChI is InChI=1S/C17H18N2O7.C13H10N2O5.C5H12O2/c20-5-6-25-7-8-26-10-1-2-11-12(9-10)17(24)19(16(11)23)13-3-4-14(21)18-15(13)22;16-6-1-2-7-8(5-6)13(20)15(12(7)19)9-3-4-10(17)14-11(9)18;1-2-4-7-5-3-6/h1-2,9,13,20H,3-8H2,(H,18,21,22);1-2,5,9,16H,3-4H2,(H,14,17,18);6H,2-5H2,1H3. The summed E-state index contributed by atoms with van der Waals surface area (Å²) >= 11 is 0. The van der Waals surface area contributed by atoms with Crippen molar-refractivity contribution in [1.82, 2.24) is 20.4 Å². The molecule has 4 heterocycles. The lowest BCUT2D eigenvalue weighted by molar-refractivity contribution is -0.137. The molecular formula is C35H40N4O14. The second-order valence-electron chi connectivity index (χ2n) is 11.9. The fraction of sp³-hybridized carbons (Fsp3) is 0.429. The molecule has 0 aromatic heterocycles. The lowest BCUT2D eigenvalue weighted by Gasteiger charge is -2.27. The summed E-state index contributed by atoms with van der Waals surface area (Å²) in [6.07, 6.45) is 1.41. The number of piperidine rings is 2. The highest BCUT2D eigenvalue weighted by Crippen LogP contribution is 2.31. The molecule has 0 bridgehead atoms. The summed E-state index contributed by atoms with van der Waals surface area (Å²) in [6.45, 7) is 4.05. The number of aliphatic hydroxyl groups excluding tert-OH is 2. The maximum absolute atomic E-state index is 12.6. The van der Waals surface area contributed by atoms with E-state index in [0.717, 1.165) is 22.8 Å². The van der Waals surface area contributed by atoms with Gasteiger partial charge in [-0.25, -0.2) is 0 Å². The first kappa shape index (κ1) is 40.2. The number of hydrogen-bond acceptors (Lipinski definition) is 14. The molecule has 4 aliphatic heterocycles. The Labute approximate surface area is 303 Å². The minimum absolute atomic E-state index is 0.0692. The topological polar surface area (TPSA) is 255 Å². The zero-order valence-corrected chi connectivity index (χ0v) is 28.8. The van der Waals surface area contributed by atoms with E-state index in [-0.39, 0.29) is 86.7 Å². The largest absolute Gasteiger partial charge is 0.508 e. The molecule has 4 aliphatic rings. The smallest absolute Gasteiger partial charge is 0.262 e. The average Bonchev–Trinajstić information content (AvgIpc) is 3.52. The number of fused-ring (bicyclic) bond motifs is 2. The number of aromatic hydroxyl groups is 1. The number of amides is 8. The van der Waals surface area contributed by atoms with E-state index in [4.69, 9.17) is 24.4 Å². The first-order valence-corrected chi connectivity index (χ1v) is 16.8. The SMILES string of the molecule is CCCOCCO.O=C1CCC(N2C(=O)c3ccc(O)cc3C2=O)C(=O)N1.O=C1CCC(N2C(=O)c3ccc(OCCOCCO)cc3C2=O)C(=O)N1. The van der Waals surface area contributed by atoms with Gasteiger partial charge in [-0.3, -0.25) is 58.8 Å². The maximum Gasteiger partial charge on any atom is 0.262 e. The number of phenols is 1. The van der Waals surface area contributed by atoms with E-state index in [0.29, 0.717) is 12.4 Å². The van der Waals surface area contributed by atoms with Crippen LogP contribution >= 0.6 is 0 Å². The molecule has 2 aromatic rings. The lowest BCUT2D eigenvalue weighted by atomic mass is 10.0. The molecule has 18 nitrogen and oxygen atoms in total. The molecule has 5 N–H and O–H groups in total. The first-order chi connectivity index (χ1) is 25.4. The van der Waals surface area contributed by atoms with Gasteiger partial charge in [-0.2, -0.15) is 0 Å². The number of rotatable bonds is 12. The molecule has 0 spiro atoms. The van der Waals surface area contributed by atoms with Gasteiger partial charge in [0.15, 0.2) is 0 Å².